The van der Waals surface area contributed by atoms with Gasteiger partial charge in [-0.2, -0.15) is 0 Å². The van der Waals surface area contributed by atoms with Crippen molar-refractivity contribution in [3.8, 4) is 5.75 Å². The van der Waals surface area contributed by atoms with Gasteiger partial charge in [-0.25, -0.2) is 0 Å². The highest BCUT2D eigenvalue weighted by atomic mass is 35.5. The smallest absolute Gasteiger partial charge is 0.142 e. The Kier molecular flexibility index (Phi) is 2.79. The molecule has 0 spiro atoms. The van der Waals surface area contributed by atoms with Crippen LogP contribution in [0, 0.1) is 0 Å². The molecule has 0 amide bonds. The van der Waals surface area contributed by atoms with Crippen LogP contribution in [0.5, 0.6) is 5.75 Å². The molecule has 20 heavy (non-hydrogen) atoms. The van der Waals surface area contributed by atoms with E-state index in [0.717, 1.165) is 39.6 Å². The average Bonchev–Trinajstić information content (AvgIpc) is 2.39. The van der Waals surface area contributed by atoms with E-state index < -0.39 is 0 Å². The molecule has 0 atom stereocenters. The molecule has 0 aliphatic carbocycles. The third-order valence-corrected chi connectivity index (χ3v) is 4.55. The van der Waals surface area contributed by atoms with Crippen LogP contribution in [-0.2, 0) is 0 Å². The van der Waals surface area contributed by atoms with Crippen LogP contribution in [0.4, 0.5) is 0 Å². The Balaban J connectivity index is 1.62. The molecule has 0 aromatic heterocycles. The summed E-state index contributed by atoms with van der Waals surface area (Å²) in [5.74, 6) is 0.114. The summed E-state index contributed by atoms with van der Waals surface area (Å²) in [4.78, 5) is 12.1. The normalized spacial score (nSPS) is 38.8. The van der Waals surface area contributed by atoms with Gasteiger partial charge >= 0.3 is 0 Å². The molecular weight excluding hydrogens is 276 g/mol. The average molecular weight is 293 g/mol. The molecule has 4 fully saturated rings. The highest BCUT2D eigenvalue weighted by Crippen LogP contribution is 2.32. The van der Waals surface area contributed by atoms with Crippen LogP contribution in [-0.4, -0.2) is 71.2 Å². The second-order valence-electron chi connectivity index (χ2n) is 6.07. The van der Waals surface area contributed by atoms with Crippen LogP contribution in [0.15, 0.2) is 23.2 Å². The lowest BCUT2D eigenvalue weighted by molar-refractivity contribution is -0.139. The summed E-state index contributed by atoms with van der Waals surface area (Å²) in [6, 6.07) is 5.35. The highest BCUT2D eigenvalue weighted by molar-refractivity contribution is 6.32. The zero-order chi connectivity index (χ0) is 13.7. The standard InChI is InChI=1S/C14H17ClN4O/c15-12-3-1-2-11(13(12)20)4-16-14-5-17-8-18(6-14)10-19(7-14)9-17/h1-4,20H,5-10H2. The predicted octanol–water partition coefficient (Wildman–Crippen LogP) is 1.02. The molecule has 1 aromatic rings. The Morgan fingerprint density at radius 2 is 1.70 bits per heavy atom. The number of aromatic hydroxyl groups is 1. The van der Waals surface area contributed by atoms with Crippen molar-refractivity contribution < 1.29 is 5.11 Å². The number of nitrogens with zero attached hydrogens (tertiary/aromatic N) is 4. The second kappa shape index (κ2) is 4.43. The summed E-state index contributed by atoms with van der Waals surface area (Å²) >= 11 is 5.93. The van der Waals surface area contributed by atoms with Crippen LogP contribution in [0.25, 0.3) is 0 Å². The fourth-order valence-corrected chi connectivity index (χ4v) is 3.83. The number of benzene rings is 1. The molecule has 4 aliphatic rings. The first-order valence-corrected chi connectivity index (χ1v) is 7.21. The number of aliphatic imine (C=N–C) groups is 1. The lowest BCUT2D eigenvalue weighted by atomic mass is 9.91. The number of para-hydroxylation sites is 1. The fourth-order valence-electron chi connectivity index (χ4n) is 3.65. The van der Waals surface area contributed by atoms with Gasteiger partial charge in [0.25, 0.3) is 0 Å². The fraction of sp³-hybridized carbons (Fsp3) is 0.500. The number of halogens is 1. The Hall–Kier alpha value is -1.14. The van der Waals surface area contributed by atoms with Crippen LogP contribution in [0.1, 0.15) is 5.56 Å². The van der Waals surface area contributed by atoms with E-state index in [0.29, 0.717) is 10.6 Å². The van der Waals surface area contributed by atoms with E-state index >= 15 is 0 Å². The van der Waals surface area contributed by atoms with Crippen molar-refractivity contribution in [1.82, 2.24) is 14.7 Å². The van der Waals surface area contributed by atoms with Crippen molar-refractivity contribution in [2.45, 2.75) is 5.54 Å². The van der Waals surface area contributed by atoms with Crippen molar-refractivity contribution in [2.75, 3.05) is 39.6 Å². The van der Waals surface area contributed by atoms with Crippen molar-refractivity contribution in [2.24, 2.45) is 4.99 Å². The maximum atomic E-state index is 9.96. The first-order chi connectivity index (χ1) is 9.63. The topological polar surface area (TPSA) is 42.3 Å². The minimum atomic E-state index is -0.0660. The zero-order valence-corrected chi connectivity index (χ0v) is 11.9. The van der Waals surface area contributed by atoms with E-state index in [1.54, 1.807) is 12.3 Å². The first kappa shape index (κ1) is 12.6. The van der Waals surface area contributed by atoms with E-state index in [-0.39, 0.29) is 11.3 Å². The van der Waals surface area contributed by atoms with Crippen molar-refractivity contribution in [3.05, 3.63) is 28.8 Å². The number of hydrogen-bond acceptors (Lipinski definition) is 5. The van der Waals surface area contributed by atoms with Crippen LogP contribution in [0.3, 0.4) is 0 Å². The van der Waals surface area contributed by atoms with E-state index in [1.807, 2.05) is 12.1 Å². The number of phenolic OH excluding ortho intramolecular Hbond substituents is 1. The van der Waals surface area contributed by atoms with Gasteiger partial charge in [-0.05, 0) is 12.1 Å². The molecule has 4 bridgehead atoms. The molecule has 4 heterocycles. The van der Waals surface area contributed by atoms with Crippen LogP contribution >= 0.6 is 11.6 Å². The van der Waals surface area contributed by atoms with E-state index in [4.69, 9.17) is 16.6 Å². The molecule has 4 aliphatic heterocycles. The van der Waals surface area contributed by atoms with Crippen molar-refractivity contribution in [1.29, 1.82) is 0 Å². The summed E-state index contributed by atoms with van der Waals surface area (Å²) in [7, 11) is 0. The molecule has 6 heteroatoms. The molecule has 1 N–H and O–H groups in total. The van der Waals surface area contributed by atoms with Gasteiger partial charge in [0, 0.05) is 31.4 Å². The summed E-state index contributed by atoms with van der Waals surface area (Å²) in [6.45, 7) is 6.15. The quantitative estimate of drug-likeness (QED) is 0.827. The number of rotatable bonds is 2. The Morgan fingerprint density at radius 1 is 1.10 bits per heavy atom. The Morgan fingerprint density at radius 3 is 2.30 bits per heavy atom. The summed E-state index contributed by atoms with van der Waals surface area (Å²) in [6.07, 6.45) is 1.78. The van der Waals surface area contributed by atoms with Gasteiger partial charge < -0.3 is 5.11 Å². The van der Waals surface area contributed by atoms with Gasteiger partial charge in [0.15, 0.2) is 0 Å². The zero-order valence-electron chi connectivity index (χ0n) is 11.2. The molecule has 106 valence electrons. The molecule has 5 rings (SSSR count). The largest absolute Gasteiger partial charge is 0.506 e. The van der Waals surface area contributed by atoms with Crippen LogP contribution < -0.4 is 0 Å². The maximum Gasteiger partial charge on any atom is 0.142 e. The molecule has 0 unspecified atom stereocenters. The van der Waals surface area contributed by atoms with Gasteiger partial charge in [0.05, 0.1) is 30.6 Å². The van der Waals surface area contributed by atoms with E-state index in [1.165, 1.54) is 0 Å². The van der Waals surface area contributed by atoms with Gasteiger partial charge in [0.2, 0.25) is 0 Å². The number of hydrogen-bond donors (Lipinski definition) is 1. The van der Waals surface area contributed by atoms with Gasteiger partial charge in [-0.3, -0.25) is 19.7 Å². The summed E-state index contributed by atoms with van der Waals surface area (Å²) in [5.41, 5.74) is 0.622. The Labute approximate surface area is 123 Å². The Bertz CT molecular complexity index is 539. The monoisotopic (exact) mass is 292 g/mol. The van der Waals surface area contributed by atoms with Crippen molar-refractivity contribution in [3.63, 3.8) is 0 Å². The first-order valence-electron chi connectivity index (χ1n) is 6.83. The molecule has 0 radical (unpaired) electrons. The summed E-state index contributed by atoms with van der Waals surface area (Å²) in [5, 5.41) is 10.3. The maximum absolute atomic E-state index is 9.96. The molecule has 5 nitrogen and oxygen atoms in total. The van der Waals surface area contributed by atoms with Crippen LogP contribution in [0.2, 0.25) is 5.02 Å². The third-order valence-electron chi connectivity index (χ3n) is 4.25. The molecule has 1 aromatic carbocycles. The molecule has 0 saturated carbocycles. The van der Waals surface area contributed by atoms with Crippen molar-refractivity contribution >= 4 is 17.8 Å². The minimum absolute atomic E-state index is 0.0660. The second-order valence-corrected chi connectivity index (χ2v) is 6.48. The van der Waals surface area contributed by atoms with Gasteiger partial charge in [-0.15, -0.1) is 0 Å². The predicted molar refractivity (Wildman–Crippen MR) is 78.2 cm³/mol. The molecule has 4 saturated heterocycles. The summed E-state index contributed by atoms with van der Waals surface area (Å²) < 4.78 is 0. The highest BCUT2D eigenvalue weighted by Gasteiger charge is 2.48. The lowest BCUT2D eigenvalue weighted by Crippen LogP contribution is -2.75. The van der Waals surface area contributed by atoms with E-state index in [2.05, 4.69) is 14.7 Å². The van der Waals surface area contributed by atoms with Gasteiger partial charge in [-0.1, -0.05) is 17.7 Å². The van der Waals surface area contributed by atoms with E-state index in [9.17, 15) is 5.11 Å². The SMILES string of the molecule is Oc1c(Cl)cccc1C=NC12CN3CN(CN(C3)C1)C2. The lowest BCUT2D eigenvalue weighted by Gasteiger charge is -2.59. The third kappa shape index (κ3) is 2.02. The molecular formula is C14H17ClN4O. The van der Waals surface area contributed by atoms with Gasteiger partial charge in [0.1, 0.15) is 5.75 Å². The number of phenols is 1. The minimum Gasteiger partial charge on any atom is -0.506 e.